The minimum absolute atomic E-state index is 0. The van der Waals surface area contributed by atoms with Crippen molar-refractivity contribution < 1.29 is 19.8 Å². The van der Waals surface area contributed by atoms with Crippen LogP contribution in [0.2, 0.25) is 0 Å². The van der Waals surface area contributed by atoms with Crippen LogP contribution in [-0.2, 0) is 22.4 Å². The predicted octanol–water partition coefficient (Wildman–Crippen LogP) is 1.66. The van der Waals surface area contributed by atoms with Crippen LogP contribution in [0.5, 0.6) is 0 Å². The zero-order chi connectivity index (χ0) is 25.4. The van der Waals surface area contributed by atoms with E-state index in [4.69, 9.17) is 27.4 Å². The molecule has 2 aromatic rings. The van der Waals surface area contributed by atoms with Crippen molar-refractivity contribution in [2.45, 2.75) is 59.8 Å². The van der Waals surface area contributed by atoms with E-state index in [0.29, 0.717) is 22.6 Å². The molecule has 194 valence electrons. The second-order valence-electron chi connectivity index (χ2n) is 7.06. The molecule has 0 radical (unpaired) electrons. The quantitative estimate of drug-likeness (QED) is 0.129. The van der Waals surface area contributed by atoms with Crippen LogP contribution in [0.1, 0.15) is 57.0 Å². The summed E-state index contributed by atoms with van der Waals surface area (Å²) in [5.74, 6) is 3.38. The molecule has 2 heterocycles. The molecule has 0 amide bonds. The van der Waals surface area contributed by atoms with Gasteiger partial charge in [0.15, 0.2) is 5.11 Å². The number of rotatable bonds is 10. The van der Waals surface area contributed by atoms with Crippen LogP contribution in [0.25, 0.3) is 0 Å². The standard InChI is InChI=1S/C9H14N6S2.C7H12O4.CH5N3S.CH4/c1-5(4-7-13-15-9(11)17-7)2-3-6-12-14-8(10)16-6;1-5(4-7(10)11)2-3-6(8)9;2-1(5)4-3;/h5H,2-4H2,1H3,(H2,10,14)(H2,11,15);5H,2-4H2,1H3,(H,8,9)(H,10,11);3H2,(H3,2,4,5);1H4. The van der Waals surface area contributed by atoms with Crippen molar-refractivity contribution in [1.82, 2.24) is 25.8 Å². The fraction of sp³-hybridized carbons (Fsp3) is 0.611. The fourth-order valence-electron chi connectivity index (χ4n) is 2.26. The van der Waals surface area contributed by atoms with E-state index in [1.165, 1.54) is 22.7 Å². The molecule has 16 heteroatoms. The van der Waals surface area contributed by atoms with Crippen LogP contribution in [0.3, 0.4) is 0 Å². The molecular weight excluding hydrogens is 502 g/mol. The molecular formula is C18H35N9O4S3. The van der Waals surface area contributed by atoms with Gasteiger partial charge in [-0.05, 0) is 36.9 Å². The van der Waals surface area contributed by atoms with Crippen LogP contribution >= 0.6 is 34.9 Å². The summed E-state index contributed by atoms with van der Waals surface area (Å²) in [5.41, 5.74) is 17.9. The van der Waals surface area contributed by atoms with Gasteiger partial charge in [0, 0.05) is 25.7 Å². The summed E-state index contributed by atoms with van der Waals surface area (Å²) in [6.07, 6.45) is 3.38. The highest BCUT2D eigenvalue weighted by Crippen LogP contribution is 2.20. The zero-order valence-electron chi connectivity index (χ0n) is 18.4. The molecule has 2 aromatic heterocycles. The third-order valence-electron chi connectivity index (χ3n) is 3.86. The van der Waals surface area contributed by atoms with Gasteiger partial charge in [0.25, 0.3) is 0 Å². The van der Waals surface area contributed by atoms with Gasteiger partial charge in [0.05, 0.1) is 0 Å². The number of carboxylic acid groups (broad SMARTS) is 2. The van der Waals surface area contributed by atoms with Crippen LogP contribution < -0.4 is 28.5 Å². The molecule has 0 aromatic carbocycles. The second kappa shape index (κ2) is 18.7. The van der Waals surface area contributed by atoms with Crippen molar-refractivity contribution in [3.8, 4) is 0 Å². The summed E-state index contributed by atoms with van der Waals surface area (Å²) < 4.78 is 0. The van der Waals surface area contributed by atoms with Crippen molar-refractivity contribution >= 4 is 62.2 Å². The van der Waals surface area contributed by atoms with Gasteiger partial charge in [-0.1, -0.05) is 43.9 Å². The third kappa shape index (κ3) is 18.8. The Morgan fingerprint density at radius 2 is 1.47 bits per heavy atom. The number of hydrogen-bond acceptors (Lipinski definition) is 12. The Hall–Kier alpha value is -2.69. The van der Waals surface area contributed by atoms with E-state index >= 15 is 0 Å². The van der Waals surface area contributed by atoms with E-state index in [-0.39, 0.29) is 31.3 Å². The lowest BCUT2D eigenvalue weighted by Gasteiger charge is -2.06. The number of thiocarbonyl (C=S) groups is 1. The molecule has 13 nitrogen and oxygen atoms in total. The number of aliphatic carboxylic acids is 2. The van der Waals surface area contributed by atoms with E-state index in [1.54, 1.807) is 6.92 Å². The SMILES string of the molecule is C.CC(CCC(=O)O)CC(=O)O.CC(CCc1nnc(N)s1)Cc1nnc(N)s1.NNC(N)=S. The number of aryl methyl sites for hydroxylation is 1. The number of nitrogens with zero attached hydrogens (tertiary/aromatic N) is 4. The van der Waals surface area contributed by atoms with Crippen LogP contribution in [0, 0.1) is 11.8 Å². The number of hydrogen-bond donors (Lipinski definition) is 7. The first-order valence-electron chi connectivity index (χ1n) is 9.78. The third-order valence-corrected chi connectivity index (χ3v) is 5.56. The maximum absolute atomic E-state index is 10.1. The maximum Gasteiger partial charge on any atom is 0.303 e. The predicted molar refractivity (Wildman–Crippen MR) is 139 cm³/mol. The molecule has 0 saturated carbocycles. The Bertz CT molecular complexity index is 863. The van der Waals surface area contributed by atoms with Crippen LogP contribution in [-0.4, -0.2) is 47.7 Å². The largest absolute Gasteiger partial charge is 0.481 e. The van der Waals surface area contributed by atoms with Crippen LogP contribution in [0.15, 0.2) is 0 Å². The van der Waals surface area contributed by atoms with E-state index < -0.39 is 11.9 Å². The van der Waals surface area contributed by atoms with E-state index in [0.717, 1.165) is 29.3 Å². The zero-order valence-corrected chi connectivity index (χ0v) is 20.9. The first-order valence-corrected chi connectivity index (χ1v) is 11.8. The number of nitrogens with two attached hydrogens (primary N) is 4. The molecule has 34 heavy (non-hydrogen) atoms. The number of carboxylic acids is 2. The summed E-state index contributed by atoms with van der Waals surface area (Å²) in [7, 11) is 0. The number of nitrogens with one attached hydrogen (secondary N) is 1. The topological polar surface area (TPSA) is 242 Å². The Kier molecular flexibility index (Phi) is 18.4. The second-order valence-corrected chi connectivity index (χ2v) is 9.69. The summed E-state index contributed by atoms with van der Waals surface area (Å²) in [5, 5.41) is 35.3. The van der Waals surface area contributed by atoms with Crippen molar-refractivity contribution in [2.75, 3.05) is 11.5 Å². The highest BCUT2D eigenvalue weighted by atomic mass is 32.1. The van der Waals surface area contributed by atoms with Gasteiger partial charge in [-0.2, -0.15) is 0 Å². The van der Waals surface area contributed by atoms with Gasteiger partial charge < -0.3 is 32.8 Å². The minimum atomic E-state index is -0.873. The van der Waals surface area contributed by atoms with Crippen molar-refractivity contribution in [3.63, 3.8) is 0 Å². The van der Waals surface area contributed by atoms with Gasteiger partial charge >= 0.3 is 11.9 Å². The summed E-state index contributed by atoms with van der Waals surface area (Å²) in [6, 6.07) is 0. The first-order chi connectivity index (χ1) is 15.4. The molecule has 2 unspecified atom stereocenters. The molecule has 2 rings (SSSR count). The Morgan fingerprint density at radius 1 is 0.971 bits per heavy atom. The highest BCUT2D eigenvalue weighted by molar-refractivity contribution is 7.80. The van der Waals surface area contributed by atoms with Gasteiger partial charge in [-0.3, -0.25) is 9.59 Å². The average Bonchev–Trinajstić information content (AvgIpc) is 3.33. The lowest BCUT2D eigenvalue weighted by Crippen LogP contribution is -2.34. The van der Waals surface area contributed by atoms with E-state index in [2.05, 4.69) is 45.4 Å². The smallest absolute Gasteiger partial charge is 0.303 e. The van der Waals surface area contributed by atoms with E-state index in [1.807, 2.05) is 5.43 Å². The number of nitrogen functional groups attached to an aromatic ring is 2. The van der Waals surface area contributed by atoms with Crippen LogP contribution in [0.4, 0.5) is 10.3 Å². The maximum atomic E-state index is 10.1. The number of carbonyl (C=O) groups is 2. The molecule has 2 atom stereocenters. The van der Waals surface area contributed by atoms with Crippen molar-refractivity contribution in [3.05, 3.63) is 10.0 Å². The monoisotopic (exact) mass is 537 g/mol. The minimum Gasteiger partial charge on any atom is -0.481 e. The normalized spacial score (nSPS) is 11.4. The molecule has 11 N–H and O–H groups in total. The number of aromatic nitrogens is 4. The van der Waals surface area contributed by atoms with Gasteiger partial charge in [-0.25, -0.2) is 5.84 Å². The summed E-state index contributed by atoms with van der Waals surface area (Å²) in [6.45, 7) is 3.92. The van der Waals surface area contributed by atoms with Gasteiger partial charge in [0.2, 0.25) is 10.3 Å². The van der Waals surface area contributed by atoms with Crippen molar-refractivity contribution in [2.24, 2.45) is 23.4 Å². The molecule has 0 spiro atoms. The summed E-state index contributed by atoms with van der Waals surface area (Å²) >= 11 is 7.14. The Balaban J connectivity index is 0. The Morgan fingerprint density at radius 3 is 1.85 bits per heavy atom. The first kappa shape index (κ1) is 33.5. The molecule has 0 saturated heterocycles. The average molecular weight is 538 g/mol. The molecule has 0 aliphatic rings. The molecule has 0 aliphatic heterocycles. The van der Waals surface area contributed by atoms with Crippen molar-refractivity contribution in [1.29, 1.82) is 0 Å². The number of anilines is 2. The number of hydrazine groups is 1. The van der Waals surface area contributed by atoms with Gasteiger partial charge in [0.1, 0.15) is 10.0 Å². The molecule has 0 aliphatic carbocycles. The molecule has 0 bridgehead atoms. The fourth-order valence-corrected chi connectivity index (χ4v) is 3.65. The van der Waals surface area contributed by atoms with E-state index in [9.17, 15) is 9.59 Å². The Labute approximate surface area is 212 Å². The van der Waals surface area contributed by atoms with Gasteiger partial charge in [-0.15, -0.1) is 20.4 Å². The summed E-state index contributed by atoms with van der Waals surface area (Å²) in [4.78, 5) is 20.1. The highest BCUT2D eigenvalue weighted by Gasteiger charge is 2.10. The molecule has 0 fully saturated rings. The lowest BCUT2D eigenvalue weighted by molar-refractivity contribution is -0.140. The lowest BCUT2D eigenvalue weighted by atomic mass is 10.0.